The van der Waals surface area contributed by atoms with Crippen LogP contribution in [0.4, 0.5) is 24.8 Å². The van der Waals surface area contributed by atoms with Crippen LogP contribution in [0.3, 0.4) is 0 Å². The van der Waals surface area contributed by atoms with E-state index < -0.39 is 17.6 Å². The average Bonchev–Trinajstić information content (AvgIpc) is 3.12. The SMILES string of the molecule is FC(F)(F)c1cnc(NC2CCCNC2)nc1Oc1cccc2c1NCC2. The molecule has 1 saturated heterocycles. The van der Waals surface area contributed by atoms with Crippen molar-refractivity contribution in [3.8, 4) is 11.6 Å². The molecule has 1 fully saturated rings. The number of piperidine rings is 1. The molecule has 0 spiro atoms. The van der Waals surface area contributed by atoms with Crippen molar-refractivity contribution < 1.29 is 17.9 Å². The number of aromatic nitrogens is 2. The minimum Gasteiger partial charge on any atom is -0.436 e. The Balaban J connectivity index is 1.64. The number of ether oxygens (including phenoxy) is 1. The van der Waals surface area contributed by atoms with Crippen molar-refractivity contribution in [3.63, 3.8) is 0 Å². The van der Waals surface area contributed by atoms with Crippen molar-refractivity contribution in [3.05, 3.63) is 35.5 Å². The number of benzene rings is 1. The Hall–Kier alpha value is -2.55. The first-order valence-corrected chi connectivity index (χ1v) is 8.96. The molecular formula is C18H20F3N5O. The minimum absolute atomic E-state index is 0.0750. The Morgan fingerprint density at radius 2 is 2.11 bits per heavy atom. The molecule has 1 atom stereocenters. The van der Waals surface area contributed by atoms with Crippen LogP contribution in [0.15, 0.2) is 24.4 Å². The van der Waals surface area contributed by atoms with Crippen molar-refractivity contribution in [2.45, 2.75) is 31.5 Å². The highest BCUT2D eigenvalue weighted by atomic mass is 19.4. The summed E-state index contributed by atoms with van der Waals surface area (Å²) in [5.41, 5.74) is 0.738. The standard InChI is InChI=1S/C18H20F3N5O/c19-18(20,21)13-10-24-17(25-12-4-2-7-22-9-12)26-16(13)27-14-5-1-3-11-6-8-23-15(11)14/h1,3,5,10,12,22-23H,2,4,6-9H2,(H,24,25,26). The van der Waals surface area contributed by atoms with Gasteiger partial charge in [-0.3, -0.25) is 0 Å². The number of rotatable bonds is 4. The third kappa shape index (κ3) is 3.92. The van der Waals surface area contributed by atoms with Crippen LogP contribution in [-0.4, -0.2) is 35.6 Å². The second-order valence-corrected chi connectivity index (χ2v) is 6.67. The third-order valence-corrected chi connectivity index (χ3v) is 4.70. The lowest BCUT2D eigenvalue weighted by molar-refractivity contribution is -0.139. The first kappa shape index (κ1) is 17.8. The van der Waals surface area contributed by atoms with Gasteiger partial charge in [-0.25, -0.2) is 4.98 Å². The summed E-state index contributed by atoms with van der Waals surface area (Å²) in [5, 5.41) is 9.48. The Kier molecular flexibility index (Phi) is 4.77. The van der Waals surface area contributed by atoms with E-state index in [1.807, 2.05) is 6.07 Å². The summed E-state index contributed by atoms with van der Waals surface area (Å²) in [4.78, 5) is 7.88. The number of anilines is 2. The van der Waals surface area contributed by atoms with E-state index in [-0.39, 0.29) is 12.0 Å². The third-order valence-electron chi connectivity index (χ3n) is 4.70. The Morgan fingerprint density at radius 1 is 1.22 bits per heavy atom. The molecule has 2 aliphatic rings. The quantitative estimate of drug-likeness (QED) is 0.756. The summed E-state index contributed by atoms with van der Waals surface area (Å²) in [5.74, 6) is -0.0300. The molecule has 6 nitrogen and oxygen atoms in total. The number of nitrogens with zero attached hydrogens (tertiary/aromatic N) is 2. The maximum atomic E-state index is 13.4. The lowest BCUT2D eigenvalue weighted by Crippen LogP contribution is -2.38. The highest BCUT2D eigenvalue weighted by Gasteiger charge is 2.37. The van der Waals surface area contributed by atoms with Crippen molar-refractivity contribution in [2.75, 3.05) is 30.3 Å². The van der Waals surface area contributed by atoms with Gasteiger partial charge in [0.1, 0.15) is 5.56 Å². The van der Waals surface area contributed by atoms with E-state index in [1.165, 1.54) is 0 Å². The van der Waals surface area contributed by atoms with E-state index in [2.05, 4.69) is 25.9 Å². The minimum atomic E-state index is -4.61. The normalized spacial score (nSPS) is 19.3. The summed E-state index contributed by atoms with van der Waals surface area (Å²) < 4.78 is 45.8. The molecule has 3 heterocycles. The number of fused-ring (bicyclic) bond motifs is 1. The Bertz CT molecular complexity index is 821. The molecule has 0 amide bonds. The summed E-state index contributed by atoms with van der Waals surface area (Å²) in [7, 11) is 0. The molecule has 4 rings (SSSR count). The molecule has 1 unspecified atom stereocenters. The van der Waals surface area contributed by atoms with Gasteiger partial charge in [-0.1, -0.05) is 12.1 Å². The molecule has 27 heavy (non-hydrogen) atoms. The molecule has 0 bridgehead atoms. The van der Waals surface area contributed by atoms with Gasteiger partial charge in [0.25, 0.3) is 0 Å². The molecule has 1 aromatic carbocycles. The monoisotopic (exact) mass is 379 g/mol. The molecule has 9 heteroatoms. The Labute approximate surface area is 154 Å². The zero-order valence-corrected chi connectivity index (χ0v) is 14.6. The van der Waals surface area contributed by atoms with Crippen molar-refractivity contribution >= 4 is 11.6 Å². The fraction of sp³-hybridized carbons (Fsp3) is 0.444. The van der Waals surface area contributed by atoms with E-state index >= 15 is 0 Å². The van der Waals surface area contributed by atoms with Crippen molar-refractivity contribution in [1.29, 1.82) is 0 Å². The molecule has 2 aliphatic heterocycles. The number of nitrogens with one attached hydrogen (secondary N) is 3. The smallest absolute Gasteiger partial charge is 0.423 e. The van der Waals surface area contributed by atoms with Gasteiger partial charge in [0.15, 0.2) is 5.75 Å². The molecule has 0 saturated carbocycles. The second kappa shape index (κ2) is 7.22. The molecule has 0 radical (unpaired) electrons. The molecule has 2 aromatic rings. The van der Waals surface area contributed by atoms with E-state index in [9.17, 15) is 13.2 Å². The van der Waals surface area contributed by atoms with Crippen LogP contribution in [-0.2, 0) is 12.6 Å². The molecule has 144 valence electrons. The number of hydrogen-bond donors (Lipinski definition) is 3. The van der Waals surface area contributed by atoms with Gasteiger partial charge >= 0.3 is 6.18 Å². The van der Waals surface area contributed by atoms with Gasteiger partial charge in [-0.15, -0.1) is 0 Å². The zero-order chi connectivity index (χ0) is 18.9. The maximum absolute atomic E-state index is 13.4. The number of alkyl halides is 3. The summed E-state index contributed by atoms with van der Waals surface area (Å²) in [6.07, 6.45) is -1.12. The highest BCUT2D eigenvalue weighted by Crippen LogP contribution is 2.40. The fourth-order valence-corrected chi connectivity index (χ4v) is 3.36. The second-order valence-electron chi connectivity index (χ2n) is 6.67. The summed E-state index contributed by atoms with van der Waals surface area (Å²) in [6, 6.07) is 5.40. The largest absolute Gasteiger partial charge is 0.436 e. The van der Waals surface area contributed by atoms with Gasteiger partial charge in [0.05, 0.1) is 5.69 Å². The van der Waals surface area contributed by atoms with Crippen molar-refractivity contribution in [2.24, 2.45) is 0 Å². The highest BCUT2D eigenvalue weighted by molar-refractivity contribution is 5.66. The summed E-state index contributed by atoms with van der Waals surface area (Å²) in [6.45, 7) is 2.39. The molecule has 1 aromatic heterocycles. The maximum Gasteiger partial charge on any atom is 0.423 e. The van der Waals surface area contributed by atoms with Gasteiger partial charge in [0.2, 0.25) is 11.8 Å². The van der Waals surface area contributed by atoms with Crippen molar-refractivity contribution in [1.82, 2.24) is 15.3 Å². The van der Waals surface area contributed by atoms with Crippen LogP contribution in [0.1, 0.15) is 24.0 Å². The number of para-hydroxylation sites is 1. The Morgan fingerprint density at radius 3 is 2.89 bits per heavy atom. The topological polar surface area (TPSA) is 71.1 Å². The lowest BCUT2D eigenvalue weighted by Gasteiger charge is -2.24. The van der Waals surface area contributed by atoms with E-state index in [0.29, 0.717) is 5.75 Å². The summed E-state index contributed by atoms with van der Waals surface area (Å²) >= 11 is 0. The predicted octanol–water partition coefficient (Wildman–Crippen LogP) is 3.42. The average molecular weight is 379 g/mol. The van der Waals surface area contributed by atoms with Crippen LogP contribution in [0.2, 0.25) is 0 Å². The number of halogens is 3. The first-order chi connectivity index (χ1) is 13.0. The van der Waals surface area contributed by atoms with Crippen LogP contribution < -0.4 is 20.7 Å². The molecular weight excluding hydrogens is 359 g/mol. The number of hydrogen-bond acceptors (Lipinski definition) is 6. The van der Waals surface area contributed by atoms with Crippen LogP contribution in [0.25, 0.3) is 0 Å². The molecule has 3 N–H and O–H groups in total. The predicted molar refractivity (Wildman–Crippen MR) is 95.3 cm³/mol. The van der Waals surface area contributed by atoms with Gasteiger partial charge in [0, 0.05) is 25.3 Å². The first-order valence-electron chi connectivity index (χ1n) is 8.96. The van der Waals surface area contributed by atoms with Crippen LogP contribution in [0.5, 0.6) is 11.6 Å². The van der Waals surface area contributed by atoms with Gasteiger partial charge in [-0.05, 0) is 37.4 Å². The van der Waals surface area contributed by atoms with Gasteiger partial charge < -0.3 is 20.7 Å². The van der Waals surface area contributed by atoms with Gasteiger partial charge in [-0.2, -0.15) is 18.2 Å². The lowest BCUT2D eigenvalue weighted by atomic mass is 10.1. The fourth-order valence-electron chi connectivity index (χ4n) is 3.36. The molecule has 0 aliphatic carbocycles. The van der Waals surface area contributed by atoms with E-state index in [1.54, 1.807) is 12.1 Å². The van der Waals surface area contributed by atoms with E-state index in [0.717, 1.165) is 56.3 Å². The van der Waals surface area contributed by atoms with Crippen LogP contribution in [0, 0.1) is 0 Å². The van der Waals surface area contributed by atoms with Crippen LogP contribution >= 0.6 is 0 Å². The van der Waals surface area contributed by atoms with E-state index in [4.69, 9.17) is 4.74 Å². The zero-order valence-electron chi connectivity index (χ0n) is 14.6.